The Kier molecular flexibility index (Phi) is 6.15. The molecule has 0 spiro atoms. The molecule has 18 heavy (non-hydrogen) atoms. The van der Waals surface area contributed by atoms with Crippen LogP contribution in [0.3, 0.4) is 0 Å². The lowest BCUT2D eigenvalue weighted by Crippen LogP contribution is -2.43. The lowest BCUT2D eigenvalue weighted by molar-refractivity contribution is 0.217. The van der Waals surface area contributed by atoms with Crippen LogP contribution < -0.4 is 5.32 Å². The Balaban J connectivity index is 1.86. The van der Waals surface area contributed by atoms with Crippen molar-refractivity contribution < 1.29 is 0 Å². The number of nitrogens with zero attached hydrogens (tertiary/aromatic N) is 1. The number of rotatable bonds is 6. The van der Waals surface area contributed by atoms with Crippen molar-refractivity contribution in [2.24, 2.45) is 0 Å². The highest BCUT2D eigenvalue weighted by molar-refractivity contribution is 9.11. The standard InChI is InChI=1S/C14H23BrN2S/c1-2-7-17(9-12-8-14(15)18-11-12)10-13-5-3-4-6-16-13/h8,11,13,16H,2-7,9-10H2,1H3. The first-order valence-electron chi connectivity index (χ1n) is 6.96. The molecule has 102 valence electrons. The average molecular weight is 331 g/mol. The van der Waals surface area contributed by atoms with Crippen molar-refractivity contribution >= 4 is 27.3 Å². The van der Waals surface area contributed by atoms with Crippen LogP contribution in [0.5, 0.6) is 0 Å². The van der Waals surface area contributed by atoms with Crippen molar-refractivity contribution in [3.63, 3.8) is 0 Å². The minimum Gasteiger partial charge on any atom is -0.313 e. The van der Waals surface area contributed by atoms with E-state index in [4.69, 9.17) is 0 Å². The zero-order chi connectivity index (χ0) is 12.8. The molecule has 1 fully saturated rings. The second-order valence-corrected chi connectivity index (χ2v) is 7.43. The molecule has 4 heteroatoms. The fraction of sp³-hybridized carbons (Fsp3) is 0.714. The van der Waals surface area contributed by atoms with E-state index in [0.717, 1.165) is 6.54 Å². The van der Waals surface area contributed by atoms with Crippen molar-refractivity contribution in [3.8, 4) is 0 Å². The SMILES string of the molecule is CCCN(Cc1csc(Br)c1)CC1CCCCN1. The largest absolute Gasteiger partial charge is 0.313 e. The third kappa shape index (κ3) is 4.65. The minimum atomic E-state index is 0.701. The summed E-state index contributed by atoms with van der Waals surface area (Å²) in [7, 11) is 0. The van der Waals surface area contributed by atoms with E-state index in [1.165, 1.54) is 54.7 Å². The molecule has 2 nitrogen and oxygen atoms in total. The zero-order valence-electron chi connectivity index (χ0n) is 11.1. The molecular weight excluding hydrogens is 308 g/mol. The maximum Gasteiger partial charge on any atom is 0.0701 e. The van der Waals surface area contributed by atoms with Gasteiger partial charge >= 0.3 is 0 Å². The van der Waals surface area contributed by atoms with E-state index in [9.17, 15) is 0 Å². The fourth-order valence-corrected chi connectivity index (χ4v) is 3.83. The molecule has 1 aliphatic rings. The van der Waals surface area contributed by atoms with Gasteiger partial charge in [-0.05, 0) is 65.3 Å². The van der Waals surface area contributed by atoms with Crippen LogP contribution in [0.1, 0.15) is 38.2 Å². The predicted molar refractivity (Wildman–Crippen MR) is 83.2 cm³/mol. The quantitative estimate of drug-likeness (QED) is 0.851. The Morgan fingerprint density at radius 3 is 3.00 bits per heavy atom. The fourth-order valence-electron chi connectivity index (χ4n) is 2.63. The van der Waals surface area contributed by atoms with E-state index < -0.39 is 0 Å². The van der Waals surface area contributed by atoms with E-state index in [0.29, 0.717) is 6.04 Å². The van der Waals surface area contributed by atoms with Crippen LogP contribution in [0, 0.1) is 0 Å². The van der Waals surface area contributed by atoms with Gasteiger partial charge in [0.1, 0.15) is 0 Å². The van der Waals surface area contributed by atoms with Crippen LogP contribution in [-0.2, 0) is 6.54 Å². The molecule has 1 saturated heterocycles. The van der Waals surface area contributed by atoms with Crippen molar-refractivity contribution in [2.45, 2.75) is 45.2 Å². The Bertz CT molecular complexity index is 347. The summed E-state index contributed by atoms with van der Waals surface area (Å²) in [5, 5.41) is 5.92. The van der Waals surface area contributed by atoms with E-state index >= 15 is 0 Å². The third-order valence-corrected chi connectivity index (χ3v) is 5.01. The summed E-state index contributed by atoms with van der Waals surface area (Å²) in [6.07, 6.45) is 5.31. The highest BCUT2D eigenvalue weighted by atomic mass is 79.9. The number of hydrogen-bond acceptors (Lipinski definition) is 3. The summed E-state index contributed by atoms with van der Waals surface area (Å²) >= 11 is 5.33. The van der Waals surface area contributed by atoms with Gasteiger partial charge in [0, 0.05) is 19.1 Å². The normalized spacial score (nSPS) is 20.5. The third-order valence-electron chi connectivity index (χ3n) is 3.46. The average Bonchev–Trinajstić information content (AvgIpc) is 2.76. The molecule has 0 bridgehead atoms. The van der Waals surface area contributed by atoms with Gasteiger partial charge in [0.2, 0.25) is 0 Å². The summed E-state index contributed by atoms with van der Waals surface area (Å²) < 4.78 is 1.24. The maximum absolute atomic E-state index is 3.65. The van der Waals surface area contributed by atoms with Gasteiger partial charge in [-0.1, -0.05) is 13.3 Å². The summed E-state index contributed by atoms with van der Waals surface area (Å²) in [6, 6.07) is 2.95. The number of halogens is 1. The Morgan fingerprint density at radius 2 is 2.39 bits per heavy atom. The predicted octanol–water partition coefficient (Wildman–Crippen LogP) is 3.86. The molecule has 1 aromatic rings. The number of thiophene rings is 1. The van der Waals surface area contributed by atoms with Gasteiger partial charge in [-0.25, -0.2) is 0 Å². The van der Waals surface area contributed by atoms with Gasteiger partial charge in [0.15, 0.2) is 0 Å². The smallest absolute Gasteiger partial charge is 0.0701 e. The lowest BCUT2D eigenvalue weighted by atomic mass is 10.0. The van der Waals surface area contributed by atoms with Crippen LogP contribution in [0.2, 0.25) is 0 Å². The monoisotopic (exact) mass is 330 g/mol. The molecule has 1 aromatic heterocycles. The molecule has 0 saturated carbocycles. The van der Waals surface area contributed by atoms with Crippen LogP contribution in [0.25, 0.3) is 0 Å². The molecule has 0 radical (unpaired) electrons. The molecule has 1 N–H and O–H groups in total. The molecule has 0 aromatic carbocycles. The molecule has 2 heterocycles. The molecule has 1 unspecified atom stereocenters. The molecular formula is C14H23BrN2S. The first kappa shape index (κ1) is 14.5. The lowest BCUT2D eigenvalue weighted by Gasteiger charge is -2.30. The van der Waals surface area contributed by atoms with Crippen LogP contribution in [0.15, 0.2) is 15.2 Å². The van der Waals surface area contributed by atoms with E-state index in [2.05, 4.69) is 44.5 Å². The molecule has 1 atom stereocenters. The molecule has 0 aliphatic carbocycles. The van der Waals surface area contributed by atoms with Crippen molar-refractivity contribution in [3.05, 3.63) is 20.8 Å². The summed E-state index contributed by atoms with van der Waals surface area (Å²) in [5.74, 6) is 0. The minimum absolute atomic E-state index is 0.701. The van der Waals surface area contributed by atoms with E-state index in [1.54, 1.807) is 11.3 Å². The summed E-state index contributed by atoms with van der Waals surface area (Å²) in [4.78, 5) is 2.59. The maximum atomic E-state index is 3.65. The molecule has 2 rings (SSSR count). The molecule has 1 aliphatic heterocycles. The number of nitrogens with one attached hydrogen (secondary N) is 1. The Hall–Kier alpha value is 0.1000. The highest BCUT2D eigenvalue weighted by Gasteiger charge is 2.16. The summed E-state index contributed by atoms with van der Waals surface area (Å²) in [6.45, 7) is 6.96. The van der Waals surface area contributed by atoms with Crippen LogP contribution >= 0.6 is 27.3 Å². The second-order valence-electron chi connectivity index (χ2n) is 5.14. The van der Waals surface area contributed by atoms with Crippen molar-refractivity contribution in [1.29, 1.82) is 0 Å². The highest BCUT2D eigenvalue weighted by Crippen LogP contribution is 2.22. The van der Waals surface area contributed by atoms with Crippen LogP contribution in [-0.4, -0.2) is 30.6 Å². The topological polar surface area (TPSA) is 15.3 Å². The van der Waals surface area contributed by atoms with Gasteiger partial charge in [0.25, 0.3) is 0 Å². The van der Waals surface area contributed by atoms with Crippen LogP contribution in [0.4, 0.5) is 0 Å². The van der Waals surface area contributed by atoms with Crippen molar-refractivity contribution in [1.82, 2.24) is 10.2 Å². The van der Waals surface area contributed by atoms with Gasteiger partial charge in [-0.3, -0.25) is 4.90 Å². The number of hydrogen-bond donors (Lipinski definition) is 1. The second kappa shape index (κ2) is 7.63. The Morgan fingerprint density at radius 1 is 1.50 bits per heavy atom. The van der Waals surface area contributed by atoms with Gasteiger partial charge in [-0.15, -0.1) is 11.3 Å². The van der Waals surface area contributed by atoms with Crippen molar-refractivity contribution in [2.75, 3.05) is 19.6 Å². The van der Waals surface area contributed by atoms with E-state index in [1.807, 2.05) is 0 Å². The zero-order valence-corrected chi connectivity index (χ0v) is 13.5. The number of piperidine rings is 1. The van der Waals surface area contributed by atoms with Gasteiger partial charge in [0.05, 0.1) is 3.79 Å². The van der Waals surface area contributed by atoms with Gasteiger partial charge < -0.3 is 5.32 Å². The van der Waals surface area contributed by atoms with Gasteiger partial charge in [-0.2, -0.15) is 0 Å². The Labute approximate surface area is 123 Å². The first-order chi connectivity index (χ1) is 8.78. The summed E-state index contributed by atoms with van der Waals surface area (Å²) in [5.41, 5.74) is 1.44. The van der Waals surface area contributed by atoms with E-state index in [-0.39, 0.29) is 0 Å². The first-order valence-corrected chi connectivity index (χ1v) is 8.64. The molecule has 0 amide bonds.